The summed E-state index contributed by atoms with van der Waals surface area (Å²) >= 11 is 0. The number of rotatable bonds is 5. The van der Waals surface area contributed by atoms with Crippen molar-refractivity contribution >= 4 is 11.6 Å². The lowest BCUT2D eigenvalue weighted by Crippen LogP contribution is -2.52. The molecule has 1 fully saturated rings. The average molecular weight is 384 g/mol. The van der Waals surface area contributed by atoms with Gasteiger partial charge < -0.3 is 14.5 Å². The van der Waals surface area contributed by atoms with Crippen LogP contribution in [0.5, 0.6) is 5.75 Å². The molecule has 4 nitrogen and oxygen atoms in total. The van der Waals surface area contributed by atoms with E-state index < -0.39 is 6.10 Å². The van der Waals surface area contributed by atoms with E-state index in [1.807, 2.05) is 24.8 Å². The predicted octanol–water partition coefficient (Wildman–Crippen LogP) is 4.37. The van der Waals surface area contributed by atoms with Crippen LogP contribution in [0.1, 0.15) is 37.8 Å². The van der Waals surface area contributed by atoms with Crippen molar-refractivity contribution in [3.8, 4) is 5.75 Å². The molecule has 0 spiro atoms. The van der Waals surface area contributed by atoms with Crippen LogP contribution in [-0.4, -0.2) is 43.1 Å². The number of hydrogen-bond acceptors (Lipinski definition) is 3. The van der Waals surface area contributed by atoms with Crippen molar-refractivity contribution in [1.29, 1.82) is 0 Å². The molecule has 1 atom stereocenters. The molecule has 0 saturated carbocycles. The van der Waals surface area contributed by atoms with Crippen molar-refractivity contribution in [2.24, 2.45) is 0 Å². The Bertz CT molecular complexity index is 812. The normalized spacial score (nSPS) is 15.6. The molecule has 0 bridgehead atoms. The summed E-state index contributed by atoms with van der Waals surface area (Å²) in [5, 5.41) is 0. The molecule has 2 aromatic rings. The van der Waals surface area contributed by atoms with Gasteiger partial charge in [0.25, 0.3) is 5.91 Å². The molecule has 0 unspecified atom stereocenters. The zero-order valence-corrected chi connectivity index (χ0v) is 17.1. The minimum absolute atomic E-state index is 0.00923. The molecule has 0 aromatic heterocycles. The number of halogens is 1. The quantitative estimate of drug-likeness (QED) is 0.767. The highest BCUT2D eigenvalue weighted by Crippen LogP contribution is 2.28. The van der Waals surface area contributed by atoms with Gasteiger partial charge in [-0.1, -0.05) is 26.0 Å². The molecule has 5 heteroatoms. The summed E-state index contributed by atoms with van der Waals surface area (Å²) in [5.41, 5.74) is 3.22. The molecule has 1 aliphatic rings. The van der Waals surface area contributed by atoms with Gasteiger partial charge in [0, 0.05) is 31.9 Å². The number of amides is 1. The maximum atomic E-state index is 13.1. The first-order valence-electron chi connectivity index (χ1n) is 9.91. The number of anilines is 1. The van der Waals surface area contributed by atoms with Gasteiger partial charge in [-0.25, -0.2) is 4.39 Å². The summed E-state index contributed by atoms with van der Waals surface area (Å²) < 4.78 is 19.2. The molecule has 150 valence electrons. The fourth-order valence-electron chi connectivity index (χ4n) is 3.56. The first kappa shape index (κ1) is 20.2. The number of carbonyl (C=O) groups is 1. The van der Waals surface area contributed by atoms with Crippen molar-refractivity contribution < 1.29 is 13.9 Å². The third-order valence-electron chi connectivity index (χ3n) is 5.23. The van der Waals surface area contributed by atoms with E-state index >= 15 is 0 Å². The molecule has 1 aliphatic heterocycles. The van der Waals surface area contributed by atoms with Gasteiger partial charge in [-0.2, -0.15) is 0 Å². The Morgan fingerprint density at radius 2 is 1.64 bits per heavy atom. The van der Waals surface area contributed by atoms with Crippen molar-refractivity contribution in [2.75, 3.05) is 31.1 Å². The Morgan fingerprint density at radius 1 is 1.00 bits per heavy atom. The maximum Gasteiger partial charge on any atom is 0.263 e. The highest BCUT2D eigenvalue weighted by atomic mass is 19.1. The maximum absolute atomic E-state index is 13.1. The molecule has 1 amide bonds. The Morgan fingerprint density at radius 3 is 2.25 bits per heavy atom. The van der Waals surface area contributed by atoms with Gasteiger partial charge in [0.15, 0.2) is 6.10 Å². The first-order valence-corrected chi connectivity index (χ1v) is 9.91. The summed E-state index contributed by atoms with van der Waals surface area (Å²) in [5.74, 6) is 0.897. The third-order valence-corrected chi connectivity index (χ3v) is 5.23. The van der Waals surface area contributed by atoms with Gasteiger partial charge in [0.2, 0.25) is 0 Å². The van der Waals surface area contributed by atoms with E-state index in [0.29, 0.717) is 19.0 Å². The second-order valence-corrected chi connectivity index (χ2v) is 7.74. The van der Waals surface area contributed by atoms with Crippen molar-refractivity contribution in [2.45, 2.75) is 39.7 Å². The van der Waals surface area contributed by atoms with E-state index in [9.17, 15) is 9.18 Å². The smallest absolute Gasteiger partial charge is 0.263 e. The molecule has 0 radical (unpaired) electrons. The predicted molar refractivity (Wildman–Crippen MR) is 111 cm³/mol. The molecular weight excluding hydrogens is 355 g/mol. The molecule has 28 heavy (non-hydrogen) atoms. The number of ether oxygens (including phenoxy) is 1. The molecular formula is C23H29FN2O2. The Balaban J connectivity index is 1.61. The fraction of sp³-hybridized carbons (Fsp3) is 0.435. The zero-order chi connectivity index (χ0) is 20.3. The Labute approximate surface area is 166 Å². The summed E-state index contributed by atoms with van der Waals surface area (Å²) in [6.45, 7) is 10.8. The SMILES string of the molecule is Cc1ccc(C(C)C)c(O[C@H](C)C(=O)N2CCN(c3ccc(F)cc3)CC2)c1. The van der Waals surface area contributed by atoms with E-state index in [1.165, 1.54) is 12.1 Å². The summed E-state index contributed by atoms with van der Waals surface area (Å²) in [4.78, 5) is 16.9. The number of hydrogen-bond donors (Lipinski definition) is 0. The van der Waals surface area contributed by atoms with Crippen LogP contribution < -0.4 is 9.64 Å². The highest BCUT2D eigenvalue weighted by molar-refractivity contribution is 5.81. The van der Waals surface area contributed by atoms with Crippen molar-refractivity contribution in [3.63, 3.8) is 0 Å². The summed E-state index contributed by atoms with van der Waals surface area (Å²) in [7, 11) is 0. The van der Waals surface area contributed by atoms with Gasteiger partial charge in [0.05, 0.1) is 0 Å². The fourth-order valence-corrected chi connectivity index (χ4v) is 3.56. The van der Waals surface area contributed by atoms with Gasteiger partial charge in [0.1, 0.15) is 11.6 Å². The third kappa shape index (κ3) is 4.64. The Hall–Kier alpha value is -2.56. The van der Waals surface area contributed by atoms with Crippen LogP contribution in [0.15, 0.2) is 42.5 Å². The van der Waals surface area contributed by atoms with Crippen LogP contribution in [0.3, 0.4) is 0 Å². The van der Waals surface area contributed by atoms with E-state index in [2.05, 4.69) is 30.9 Å². The number of piperazine rings is 1. The monoisotopic (exact) mass is 384 g/mol. The number of carbonyl (C=O) groups excluding carboxylic acids is 1. The average Bonchev–Trinajstić information content (AvgIpc) is 2.68. The lowest BCUT2D eigenvalue weighted by molar-refractivity contribution is -0.138. The van der Waals surface area contributed by atoms with E-state index in [0.717, 1.165) is 35.7 Å². The number of benzene rings is 2. The van der Waals surface area contributed by atoms with Gasteiger partial charge >= 0.3 is 0 Å². The largest absolute Gasteiger partial charge is 0.481 e. The topological polar surface area (TPSA) is 32.8 Å². The standard InChI is InChI=1S/C23H29FN2O2/c1-16(2)21-10-5-17(3)15-22(21)28-18(4)23(27)26-13-11-25(12-14-26)20-8-6-19(24)7-9-20/h5-10,15-16,18H,11-14H2,1-4H3/t18-/m1/s1. The number of nitrogens with zero attached hydrogens (tertiary/aromatic N) is 2. The highest BCUT2D eigenvalue weighted by Gasteiger charge is 2.27. The van der Waals surface area contributed by atoms with Crippen LogP contribution >= 0.6 is 0 Å². The van der Waals surface area contributed by atoms with E-state index in [1.54, 1.807) is 12.1 Å². The lowest BCUT2D eigenvalue weighted by Gasteiger charge is -2.37. The molecule has 3 rings (SSSR count). The number of aryl methyl sites for hydroxylation is 1. The molecule has 0 aliphatic carbocycles. The van der Waals surface area contributed by atoms with Crippen LogP contribution in [-0.2, 0) is 4.79 Å². The van der Waals surface area contributed by atoms with Gasteiger partial charge in [-0.3, -0.25) is 4.79 Å². The van der Waals surface area contributed by atoms with Crippen molar-refractivity contribution in [1.82, 2.24) is 4.90 Å². The Kier molecular flexibility index (Phi) is 6.22. The van der Waals surface area contributed by atoms with Crippen LogP contribution in [0.25, 0.3) is 0 Å². The van der Waals surface area contributed by atoms with Crippen molar-refractivity contribution in [3.05, 3.63) is 59.4 Å². The minimum Gasteiger partial charge on any atom is -0.481 e. The molecule has 2 aromatic carbocycles. The minimum atomic E-state index is -0.531. The van der Waals surface area contributed by atoms with Gasteiger partial charge in [-0.15, -0.1) is 0 Å². The first-order chi connectivity index (χ1) is 13.3. The second-order valence-electron chi connectivity index (χ2n) is 7.74. The molecule has 0 N–H and O–H groups in total. The van der Waals surface area contributed by atoms with Gasteiger partial charge in [-0.05, 0) is 61.2 Å². The molecule has 1 saturated heterocycles. The van der Waals surface area contributed by atoms with Crippen LogP contribution in [0.2, 0.25) is 0 Å². The second kappa shape index (κ2) is 8.63. The molecule has 1 heterocycles. The van der Waals surface area contributed by atoms with E-state index in [4.69, 9.17) is 4.74 Å². The zero-order valence-electron chi connectivity index (χ0n) is 17.1. The van der Waals surface area contributed by atoms with E-state index in [-0.39, 0.29) is 11.7 Å². The summed E-state index contributed by atoms with van der Waals surface area (Å²) in [6, 6.07) is 12.7. The van der Waals surface area contributed by atoms with Crippen LogP contribution in [0, 0.1) is 12.7 Å². The summed E-state index contributed by atoms with van der Waals surface area (Å²) in [6.07, 6.45) is -0.531. The lowest BCUT2D eigenvalue weighted by atomic mass is 10.0. The van der Waals surface area contributed by atoms with Crippen LogP contribution in [0.4, 0.5) is 10.1 Å².